The van der Waals surface area contributed by atoms with Crippen LogP contribution in [0.25, 0.3) is 11.3 Å². The maximum absolute atomic E-state index is 13.0. The van der Waals surface area contributed by atoms with Crippen LogP contribution < -0.4 is 16.2 Å². The zero-order valence-electron chi connectivity index (χ0n) is 18.3. The third-order valence-corrected chi connectivity index (χ3v) is 4.99. The number of carbonyl (C=O) groups is 2. The van der Waals surface area contributed by atoms with Crippen molar-refractivity contribution in [3.63, 3.8) is 0 Å². The van der Waals surface area contributed by atoms with Gasteiger partial charge in [-0.3, -0.25) is 14.4 Å². The normalized spacial score (nSPS) is 11.6. The highest BCUT2D eigenvalue weighted by atomic mass is 16.2. The van der Waals surface area contributed by atoms with Crippen LogP contribution >= 0.6 is 0 Å². The number of aromatic nitrogens is 2. The maximum Gasteiger partial charge on any atom is 0.291 e. The molecule has 7 heteroatoms. The van der Waals surface area contributed by atoms with Crippen molar-refractivity contribution in [2.75, 3.05) is 10.6 Å². The van der Waals surface area contributed by atoms with Gasteiger partial charge in [-0.15, -0.1) is 0 Å². The molecule has 160 valence electrons. The standard InChI is InChI=1S/C24H26N4O3/c1-14-7-10-19(11-8-14)21-13-22(25-18(5)29)24(31)28(27-21)17(4)23(30)26-20-12-15(2)6-9-16(20)3/h6-13,17H,1-5H3,(H,25,29)(H,26,30)/t17-/m0/s1. The maximum atomic E-state index is 13.0. The summed E-state index contributed by atoms with van der Waals surface area (Å²) in [4.78, 5) is 37.5. The molecule has 7 nitrogen and oxygen atoms in total. The molecule has 0 aliphatic heterocycles. The highest BCUT2D eigenvalue weighted by molar-refractivity contribution is 5.94. The van der Waals surface area contributed by atoms with Crippen molar-refractivity contribution in [1.82, 2.24) is 9.78 Å². The molecule has 0 saturated heterocycles. The van der Waals surface area contributed by atoms with E-state index in [1.165, 1.54) is 13.0 Å². The lowest BCUT2D eigenvalue weighted by atomic mass is 10.1. The molecule has 3 rings (SSSR count). The molecule has 0 spiro atoms. The molecule has 0 unspecified atom stereocenters. The highest BCUT2D eigenvalue weighted by Crippen LogP contribution is 2.21. The van der Waals surface area contributed by atoms with Gasteiger partial charge >= 0.3 is 0 Å². The number of rotatable bonds is 5. The zero-order chi connectivity index (χ0) is 22.7. The minimum Gasteiger partial charge on any atom is -0.324 e. The number of anilines is 2. The molecule has 0 fully saturated rings. The topological polar surface area (TPSA) is 93.1 Å². The van der Waals surface area contributed by atoms with E-state index >= 15 is 0 Å². The van der Waals surface area contributed by atoms with E-state index in [2.05, 4.69) is 15.7 Å². The fourth-order valence-corrected chi connectivity index (χ4v) is 3.14. The first-order valence-electron chi connectivity index (χ1n) is 10.0. The van der Waals surface area contributed by atoms with Gasteiger partial charge in [-0.05, 0) is 51.0 Å². The van der Waals surface area contributed by atoms with Crippen molar-refractivity contribution in [2.24, 2.45) is 0 Å². The van der Waals surface area contributed by atoms with Crippen molar-refractivity contribution in [3.8, 4) is 11.3 Å². The SMILES string of the molecule is CC(=O)Nc1cc(-c2ccc(C)cc2)nn([C@@H](C)C(=O)Nc2cc(C)ccc2C)c1=O. The molecule has 2 amide bonds. The van der Waals surface area contributed by atoms with Crippen LogP contribution in [-0.2, 0) is 9.59 Å². The second-order valence-corrected chi connectivity index (χ2v) is 7.72. The molecule has 0 aliphatic carbocycles. The predicted molar refractivity (Wildman–Crippen MR) is 122 cm³/mol. The summed E-state index contributed by atoms with van der Waals surface area (Å²) in [7, 11) is 0. The molecule has 1 heterocycles. The Bertz CT molecular complexity index is 1200. The van der Waals surface area contributed by atoms with Gasteiger partial charge in [0.15, 0.2) is 0 Å². The van der Waals surface area contributed by atoms with Crippen LogP contribution in [-0.4, -0.2) is 21.6 Å². The van der Waals surface area contributed by atoms with Crippen molar-refractivity contribution >= 4 is 23.2 Å². The summed E-state index contributed by atoms with van der Waals surface area (Å²) in [5.41, 5.74) is 4.47. The van der Waals surface area contributed by atoms with Gasteiger partial charge in [0.05, 0.1) is 5.69 Å². The van der Waals surface area contributed by atoms with E-state index in [0.29, 0.717) is 11.4 Å². The quantitative estimate of drug-likeness (QED) is 0.655. The molecule has 2 N–H and O–H groups in total. The number of benzene rings is 2. The fourth-order valence-electron chi connectivity index (χ4n) is 3.14. The summed E-state index contributed by atoms with van der Waals surface area (Å²) in [6.45, 7) is 8.74. The Morgan fingerprint density at radius 3 is 2.19 bits per heavy atom. The van der Waals surface area contributed by atoms with Crippen LogP contribution in [0.15, 0.2) is 53.3 Å². The summed E-state index contributed by atoms with van der Waals surface area (Å²) in [6.07, 6.45) is 0. The Balaban J connectivity index is 2.03. The van der Waals surface area contributed by atoms with Gasteiger partial charge in [-0.2, -0.15) is 5.10 Å². The Labute approximate surface area is 181 Å². The molecule has 0 aliphatic rings. The molecule has 0 radical (unpaired) electrons. The molecule has 1 aromatic heterocycles. The first kappa shape index (κ1) is 22.0. The summed E-state index contributed by atoms with van der Waals surface area (Å²) in [5.74, 6) is -0.754. The molecule has 2 aromatic carbocycles. The summed E-state index contributed by atoms with van der Waals surface area (Å²) < 4.78 is 1.11. The van der Waals surface area contributed by atoms with Gasteiger partial charge in [-0.1, -0.05) is 42.0 Å². The lowest BCUT2D eigenvalue weighted by Gasteiger charge is -2.18. The van der Waals surface area contributed by atoms with Gasteiger partial charge in [0.2, 0.25) is 11.8 Å². The minimum absolute atomic E-state index is 0.0736. The lowest BCUT2D eigenvalue weighted by molar-refractivity contribution is -0.119. The second-order valence-electron chi connectivity index (χ2n) is 7.72. The fraction of sp³-hybridized carbons (Fsp3) is 0.250. The number of nitrogens with one attached hydrogen (secondary N) is 2. The Hall–Kier alpha value is -3.74. The molecule has 0 saturated carbocycles. The van der Waals surface area contributed by atoms with Crippen LogP contribution in [0, 0.1) is 20.8 Å². The number of nitrogens with zero attached hydrogens (tertiary/aromatic N) is 2. The van der Waals surface area contributed by atoms with Gasteiger partial charge in [0.1, 0.15) is 11.7 Å². The molecule has 3 aromatic rings. The van der Waals surface area contributed by atoms with Crippen LogP contribution in [0.5, 0.6) is 0 Å². The molecule has 1 atom stereocenters. The molecule has 31 heavy (non-hydrogen) atoms. The van der Waals surface area contributed by atoms with E-state index < -0.39 is 11.6 Å². The Morgan fingerprint density at radius 2 is 1.55 bits per heavy atom. The van der Waals surface area contributed by atoms with Gasteiger partial charge in [-0.25, -0.2) is 4.68 Å². The third kappa shape index (κ3) is 5.06. The first-order valence-corrected chi connectivity index (χ1v) is 10.0. The van der Waals surface area contributed by atoms with E-state index in [0.717, 1.165) is 26.9 Å². The molecule has 0 bridgehead atoms. The smallest absolute Gasteiger partial charge is 0.291 e. The monoisotopic (exact) mass is 418 g/mol. The average Bonchev–Trinajstić information content (AvgIpc) is 2.72. The number of carbonyl (C=O) groups excluding carboxylic acids is 2. The van der Waals surface area contributed by atoms with Crippen molar-refractivity contribution < 1.29 is 9.59 Å². The third-order valence-electron chi connectivity index (χ3n) is 4.99. The Morgan fingerprint density at radius 1 is 0.903 bits per heavy atom. The van der Waals surface area contributed by atoms with Crippen LogP contribution in [0.2, 0.25) is 0 Å². The number of amides is 2. The lowest BCUT2D eigenvalue weighted by Crippen LogP contribution is -2.35. The largest absolute Gasteiger partial charge is 0.324 e. The number of hydrogen-bond donors (Lipinski definition) is 2. The second kappa shape index (κ2) is 8.95. The van der Waals surface area contributed by atoms with Crippen LogP contribution in [0.4, 0.5) is 11.4 Å². The van der Waals surface area contributed by atoms with E-state index in [4.69, 9.17) is 0 Å². The zero-order valence-corrected chi connectivity index (χ0v) is 18.3. The van der Waals surface area contributed by atoms with Crippen molar-refractivity contribution in [3.05, 3.63) is 75.6 Å². The van der Waals surface area contributed by atoms with E-state index in [-0.39, 0.29) is 17.5 Å². The van der Waals surface area contributed by atoms with Crippen LogP contribution in [0.1, 0.15) is 36.6 Å². The van der Waals surface area contributed by atoms with Gasteiger partial charge in [0, 0.05) is 18.2 Å². The Kier molecular flexibility index (Phi) is 6.34. The molecular formula is C24H26N4O3. The van der Waals surface area contributed by atoms with Crippen molar-refractivity contribution in [1.29, 1.82) is 0 Å². The van der Waals surface area contributed by atoms with Crippen LogP contribution in [0.3, 0.4) is 0 Å². The van der Waals surface area contributed by atoms with E-state index in [1.54, 1.807) is 6.92 Å². The molecular weight excluding hydrogens is 392 g/mol. The van der Waals surface area contributed by atoms with Crippen molar-refractivity contribution in [2.45, 2.75) is 40.7 Å². The summed E-state index contributed by atoms with van der Waals surface area (Å²) in [6, 6.07) is 14.0. The minimum atomic E-state index is -0.898. The van der Waals surface area contributed by atoms with E-state index in [9.17, 15) is 14.4 Å². The number of aryl methyl sites for hydroxylation is 3. The summed E-state index contributed by atoms with van der Waals surface area (Å²) >= 11 is 0. The van der Waals surface area contributed by atoms with E-state index in [1.807, 2.05) is 63.2 Å². The average molecular weight is 418 g/mol. The van der Waals surface area contributed by atoms with Gasteiger partial charge in [0.25, 0.3) is 5.56 Å². The number of hydrogen-bond acceptors (Lipinski definition) is 4. The highest BCUT2D eigenvalue weighted by Gasteiger charge is 2.21. The predicted octanol–water partition coefficient (Wildman–Crippen LogP) is 3.99. The summed E-state index contributed by atoms with van der Waals surface area (Å²) in [5, 5.41) is 9.86. The van der Waals surface area contributed by atoms with Gasteiger partial charge < -0.3 is 10.6 Å². The first-order chi connectivity index (χ1) is 14.7.